The van der Waals surface area contributed by atoms with Gasteiger partial charge in [0.1, 0.15) is 11.9 Å². The molecule has 1 rings (SSSR count). The van der Waals surface area contributed by atoms with Gasteiger partial charge in [-0.15, -0.1) is 0 Å². The molecule has 0 saturated heterocycles. The highest BCUT2D eigenvalue weighted by Crippen LogP contribution is 2.19. The van der Waals surface area contributed by atoms with Crippen molar-refractivity contribution in [2.24, 2.45) is 5.41 Å². The molecule has 0 aromatic carbocycles. The number of hydrogen-bond donors (Lipinski definition) is 1. The molecule has 0 spiro atoms. The van der Waals surface area contributed by atoms with E-state index in [1.165, 1.54) is 6.26 Å². The zero-order valence-electron chi connectivity index (χ0n) is 10.6. The number of carbonyl (C=O) groups is 1. The van der Waals surface area contributed by atoms with Crippen LogP contribution in [0, 0.1) is 5.41 Å². The molecule has 1 aromatic rings. The van der Waals surface area contributed by atoms with E-state index in [1.807, 2.05) is 20.8 Å². The van der Waals surface area contributed by atoms with Gasteiger partial charge in [-0.05, 0) is 45.7 Å². The maximum atomic E-state index is 11.4. The van der Waals surface area contributed by atoms with Crippen molar-refractivity contribution in [3.05, 3.63) is 24.2 Å². The molecule has 1 N–H and O–H groups in total. The molecule has 1 atom stereocenters. The number of furan rings is 1. The Morgan fingerprint density at radius 1 is 1.53 bits per heavy atom. The van der Waals surface area contributed by atoms with Gasteiger partial charge in [0.25, 0.3) is 0 Å². The van der Waals surface area contributed by atoms with E-state index in [9.17, 15) is 9.90 Å². The highest BCUT2D eigenvalue weighted by atomic mass is 16.5. The number of aliphatic hydroxyl groups excluding tert-OH is 1. The summed E-state index contributed by atoms with van der Waals surface area (Å²) in [6.45, 7) is 5.76. The lowest BCUT2D eigenvalue weighted by Gasteiger charge is -2.16. The van der Waals surface area contributed by atoms with Crippen LogP contribution in [0.5, 0.6) is 0 Å². The number of ether oxygens (including phenoxy) is 1. The molecule has 0 aliphatic rings. The first-order valence-electron chi connectivity index (χ1n) is 5.80. The number of rotatable bonds is 5. The lowest BCUT2D eigenvalue weighted by Crippen LogP contribution is -2.23. The molecule has 4 heteroatoms. The van der Waals surface area contributed by atoms with Crippen LogP contribution in [0.4, 0.5) is 0 Å². The third-order valence-electron chi connectivity index (χ3n) is 2.34. The molecule has 0 aliphatic carbocycles. The van der Waals surface area contributed by atoms with Gasteiger partial charge in [0.2, 0.25) is 0 Å². The minimum atomic E-state index is -0.627. The van der Waals surface area contributed by atoms with Crippen molar-refractivity contribution in [1.29, 1.82) is 0 Å². The molecule has 0 bridgehead atoms. The summed E-state index contributed by atoms with van der Waals surface area (Å²) in [6.07, 6.45) is 2.03. The molecule has 17 heavy (non-hydrogen) atoms. The minimum absolute atomic E-state index is 0.218. The summed E-state index contributed by atoms with van der Waals surface area (Å²) in [5.41, 5.74) is -0.473. The van der Waals surface area contributed by atoms with E-state index < -0.39 is 11.5 Å². The van der Waals surface area contributed by atoms with Gasteiger partial charge in [0, 0.05) is 0 Å². The highest BCUT2D eigenvalue weighted by molar-refractivity contribution is 5.75. The molecule has 0 radical (unpaired) electrons. The first-order chi connectivity index (χ1) is 7.91. The van der Waals surface area contributed by atoms with Gasteiger partial charge in [0.05, 0.1) is 18.3 Å². The second-order valence-corrected chi connectivity index (χ2v) is 5.06. The van der Waals surface area contributed by atoms with E-state index in [0.29, 0.717) is 25.2 Å². The van der Waals surface area contributed by atoms with Gasteiger partial charge < -0.3 is 14.3 Å². The Kier molecular flexibility index (Phi) is 4.75. The second-order valence-electron chi connectivity index (χ2n) is 5.06. The monoisotopic (exact) mass is 240 g/mol. The van der Waals surface area contributed by atoms with Crippen LogP contribution < -0.4 is 0 Å². The molecule has 0 aliphatic heterocycles. The number of hydrogen-bond acceptors (Lipinski definition) is 4. The summed E-state index contributed by atoms with van der Waals surface area (Å²) in [6, 6.07) is 3.46. The molecular formula is C13H20O4. The van der Waals surface area contributed by atoms with Crippen molar-refractivity contribution < 1.29 is 19.1 Å². The Morgan fingerprint density at radius 3 is 2.76 bits per heavy atom. The van der Waals surface area contributed by atoms with E-state index in [0.717, 1.165) is 0 Å². The lowest BCUT2D eigenvalue weighted by molar-refractivity contribution is -0.153. The number of esters is 1. The summed E-state index contributed by atoms with van der Waals surface area (Å²) in [4.78, 5) is 11.4. The Labute approximate surface area is 102 Å². The smallest absolute Gasteiger partial charge is 0.311 e. The molecule has 1 heterocycles. The van der Waals surface area contributed by atoms with Crippen molar-refractivity contribution >= 4 is 5.97 Å². The Balaban J connectivity index is 2.19. The fraction of sp³-hybridized carbons (Fsp3) is 0.615. The summed E-state index contributed by atoms with van der Waals surface area (Å²) >= 11 is 0. The van der Waals surface area contributed by atoms with Gasteiger partial charge in [-0.1, -0.05) is 0 Å². The number of carbonyl (C=O) groups excluding carboxylic acids is 1. The molecule has 0 saturated carbocycles. The Bertz CT molecular complexity index is 335. The second kappa shape index (κ2) is 5.87. The molecule has 0 fully saturated rings. The van der Waals surface area contributed by atoms with Gasteiger partial charge >= 0.3 is 5.97 Å². The van der Waals surface area contributed by atoms with Crippen LogP contribution in [-0.2, 0) is 9.53 Å². The van der Waals surface area contributed by atoms with Crippen molar-refractivity contribution in [3.8, 4) is 0 Å². The van der Waals surface area contributed by atoms with E-state index in [1.54, 1.807) is 12.1 Å². The molecule has 0 amide bonds. The molecule has 96 valence electrons. The van der Waals surface area contributed by atoms with Crippen molar-refractivity contribution in [2.75, 3.05) is 6.61 Å². The highest BCUT2D eigenvalue weighted by Gasteiger charge is 2.22. The van der Waals surface area contributed by atoms with E-state index in [-0.39, 0.29) is 5.97 Å². The third kappa shape index (κ3) is 4.61. The van der Waals surface area contributed by atoms with E-state index in [4.69, 9.17) is 9.15 Å². The lowest BCUT2D eigenvalue weighted by atomic mass is 9.97. The third-order valence-corrected chi connectivity index (χ3v) is 2.34. The van der Waals surface area contributed by atoms with Crippen LogP contribution >= 0.6 is 0 Å². The van der Waals surface area contributed by atoms with Crippen molar-refractivity contribution in [2.45, 2.75) is 39.7 Å². The summed E-state index contributed by atoms with van der Waals surface area (Å²) in [7, 11) is 0. The van der Waals surface area contributed by atoms with Gasteiger partial charge in [0.15, 0.2) is 0 Å². The fourth-order valence-corrected chi connectivity index (χ4v) is 1.28. The van der Waals surface area contributed by atoms with Crippen LogP contribution in [0.25, 0.3) is 0 Å². The average molecular weight is 240 g/mol. The van der Waals surface area contributed by atoms with Crippen LogP contribution in [-0.4, -0.2) is 17.7 Å². The molecule has 0 unspecified atom stereocenters. The quantitative estimate of drug-likeness (QED) is 0.635. The first kappa shape index (κ1) is 13.8. The standard InChI is InChI=1S/C13H20O4/c1-13(2,3)12(15)17-9-4-6-10(14)11-7-5-8-16-11/h5,7-8,10,14H,4,6,9H2,1-3H3/t10-/m0/s1. The maximum Gasteiger partial charge on any atom is 0.311 e. The Morgan fingerprint density at radius 2 is 2.24 bits per heavy atom. The molecular weight excluding hydrogens is 220 g/mol. The van der Waals surface area contributed by atoms with Gasteiger partial charge in [-0.3, -0.25) is 4.79 Å². The predicted octanol–water partition coefficient (Wildman–Crippen LogP) is 2.68. The van der Waals surface area contributed by atoms with Crippen LogP contribution in [0.2, 0.25) is 0 Å². The topological polar surface area (TPSA) is 59.7 Å². The summed E-state index contributed by atoms with van der Waals surface area (Å²) < 4.78 is 10.2. The average Bonchev–Trinajstić information content (AvgIpc) is 2.75. The molecule has 1 aromatic heterocycles. The fourth-order valence-electron chi connectivity index (χ4n) is 1.28. The minimum Gasteiger partial charge on any atom is -0.467 e. The Hall–Kier alpha value is -1.29. The summed E-state index contributed by atoms with van der Waals surface area (Å²) in [5.74, 6) is 0.331. The first-order valence-corrected chi connectivity index (χ1v) is 5.80. The van der Waals surface area contributed by atoms with E-state index in [2.05, 4.69) is 0 Å². The zero-order chi connectivity index (χ0) is 12.9. The van der Waals surface area contributed by atoms with Crippen LogP contribution in [0.3, 0.4) is 0 Å². The van der Waals surface area contributed by atoms with Gasteiger partial charge in [-0.25, -0.2) is 0 Å². The van der Waals surface area contributed by atoms with Crippen molar-refractivity contribution in [1.82, 2.24) is 0 Å². The maximum absolute atomic E-state index is 11.4. The molecule has 4 nitrogen and oxygen atoms in total. The normalized spacial score (nSPS) is 13.4. The largest absolute Gasteiger partial charge is 0.467 e. The zero-order valence-corrected chi connectivity index (χ0v) is 10.6. The summed E-state index contributed by atoms with van der Waals surface area (Å²) in [5, 5.41) is 9.70. The number of aliphatic hydroxyl groups is 1. The SMILES string of the molecule is CC(C)(C)C(=O)OCCC[C@H](O)c1ccco1. The van der Waals surface area contributed by atoms with Gasteiger partial charge in [-0.2, -0.15) is 0 Å². The van der Waals surface area contributed by atoms with Crippen LogP contribution in [0.1, 0.15) is 45.5 Å². The predicted molar refractivity (Wildman–Crippen MR) is 63.3 cm³/mol. The van der Waals surface area contributed by atoms with Crippen molar-refractivity contribution in [3.63, 3.8) is 0 Å². The van der Waals surface area contributed by atoms with E-state index >= 15 is 0 Å². The van der Waals surface area contributed by atoms with Crippen LogP contribution in [0.15, 0.2) is 22.8 Å².